The fourth-order valence-electron chi connectivity index (χ4n) is 1.30. The van der Waals surface area contributed by atoms with Crippen molar-refractivity contribution in [1.29, 1.82) is 0 Å². The summed E-state index contributed by atoms with van der Waals surface area (Å²) in [6.07, 6.45) is 7.89. The molecule has 94 valence electrons. The molecule has 1 aliphatic rings. The van der Waals surface area contributed by atoms with Crippen LogP contribution < -0.4 is 5.32 Å². The van der Waals surface area contributed by atoms with Crippen LogP contribution in [0.4, 0.5) is 4.79 Å². The standard InChI is InChI=1S/C11H13NO2S.C2H6/c1-3-5-8(6-4-2)7-9-10(13)12-11(14)15-9;1-2/h3-6,9H,1,7H2,2H3,(H,12,13,14);1-2H3/b6-4-,8-5+;. The van der Waals surface area contributed by atoms with Crippen LogP contribution in [0, 0.1) is 0 Å². The Hall–Kier alpha value is -1.29. The fourth-order valence-corrected chi connectivity index (χ4v) is 2.16. The topological polar surface area (TPSA) is 46.2 Å². The van der Waals surface area contributed by atoms with E-state index in [0.717, 1.165) is 17.3 Å². The summed E-state index contributed by atoms with van der Waals surface area (Å²) < 4.78 is 0. The third kappa shape index (κ3) is 5.54. The van der Waals surface area contributed by atoms with Crippen LogP contribution >= 0.6 is 11.8 Å². The molecule has 3 nitrogen and oxygen atoms in total. The van der Waals surface area contributed by atoms with Crippen molar-refractivity contribution in [3.8, 4) is 0 Å². The number of hydrogen-bond acceptors (Lipinski definition) is 3. The molecular formula is C13H19NO2S. The van der Waals surface area contributed by atoms with Crippen molar-refractivity contribution >= 4 is 22.9 Å². The first kappa shape index (κ1) is 15.7. The van der Waals surface area contributed by atoms with Gasteiger partial charge in [-0.25, -0.2) is 0 Å². The number of imide groups is 1. The van der Waals surface area contributed by atoms with Crippen molar-refractivity contribution in [3.63, 3.8) is 0 Å². The first-order valence-electron chi connectivity index (χ1n) is 5.63. The predicted molar refractivity (Wildman–Crippen MR) is 74.0 cm³/mol. The van der Waals surface area contributed by atoms with Crippen LogP contribution in [0.1, 0.15) is 27.2 Å². The van der Waals surface area contributed by atoms with E-state index in [1.54, 1.807) is 6.08 Å². The summed E-state index contributed by atoms with van der Waals surface area (Å²) in [5.74, 6) is -0.204. The number of amides is 2. The minimum absolute atomic E-state index is 0.204. The van der Waals surface area contributed by atoms with Crippen LogP contribution in [0.15, 0.2) is 36.5 Å². The summed E-state index contributed by atoms with van der Waals surface area (Å²) >= 11 is 1.05. The Morgan fingerprint density at radius 2 is 2.12 bits per heavy atom. The van der Waals surface area contributed by atoms with Crippen LogP contribution in [0.2, 0.25) is 0 Å². The fraction of sp³-hybridized carbons (Fsp3) is 0.385. The second-order valence-corrected chi connectivity index (χ2v) is 4.24. The van der Waals surface area contributed by atoms with Crippen LogP contribution in [0.3, 0.4) is 0 Å². The third-order valence-corrected chi connectivity index (χ3v) is 2.88. The van der Waals surface area contributed by atoms with Gasteiger partial charge < -0.3 is 0 Å². The Morgan fingerprint density at radius 3 is 2.53 bits per heavy atom. The zero-order chi connectivity index (χ0) is 13.3. The molecule has 1 heterocycles. The minimum Gasteiger partial charge on any atom is -0.286 e. The lowest BCUT2D eigenvalue weighted by atomic mass is 10.1. The van der Waals surface area contributed by atoms with Crippen LogP contribution in [0.5, 0.6) is 0 Å². The Balaban J connectivity index is 0.00000121. The van der Waals surface area contributed by atoms with Gasteiger partial charge in [-0.1, -0.05) is 56.5 Å². The van der Waals surface area contributed by atoms with E-state index >= 15 is 0 Å². The van der Waals surface area contributed by atoms with Gasteiger partial charge in [-0.3, -0.25) is 14.9 Å². The lowest BCUT2D eigenvalue weighted by Gasteiger charge is -2.05. The van der Waals surface area contributed by atoms with Gasteiger partial charge in [0.2, 0.25) is 5.91 Å². The largest absolute Gasteiger partial charge is 0.286 e. The molecule has 0 aromatic rings. The van der Waals surface area contributed by atoms with Gasteiger partial charge in [-0.2, -0.15) is 0 Å². The van der Waals surface area contributed by atoms with Crippen molar-refractivity contribution in [2.24, 2.45) is 0 Å². The number of hydrogen-bond donors (Lipinski definition) is 1. The molecule has 1 unspecified atom stereocenters. The summed E-state index contributed by atoms with van der Waals surface area (Å²) in [5, 5.41) is 1.70. The maximum Gasteiger partial charge on any atom is 0.286 e. The Bertz CT molecular complexity index is 345. The highest BCUT2D eigenvalue weighted by Gasteiger charge is 2.31. The summed E-state index contributed by atoms with van der Waals surface area (Å²) in [6, 6.07) is 0. The maximum absolute atomic E-state index is 11.3. The Kier molecular flexibility index (Phi) is 8.15. The van der Waals surface area contributed by atoms with E-state index in [9.17, 15) is 9.59 Å². The van der Waals surface area contributed by atoms with Gasteiger partial charge in [0.15, 0.2) is 0 Å². The number of carbonyl (C=O) groups excluding carboxylic acids is 2. The lowest BCUT2D eigenvalue weighted by molar-refractivity contribution is -0.118. The van der Waals surface area contributed by atoms with E-state index in [2.05, 4.69) is 11.9 Å². The zero-order valence-electron chi connectivity index (χ0n) is 10.5. The molecule has 0 bridgehead atoms. The predicted octanol–water partition coefficient (Wildman–Crippen LogP) is 3.44. The van der Waals surface area contributed by atoms with Crippen molar-refractivity contribution in [1.82, 2.24) is 5.32 Å². The van der Waals surface area contributed by atoms with E-state index < -0.39 is 0 Å². The van der Waals surface area contributed by atoms with Gasteiger partial charge in [0, 0.05) is 0 Å². The van der Waals surface area contributed by atoms with Gasteiger partial charge in [0.1, 0.15) is 0 Å². The molecule has 0 aliphatic carbocycles. The molecule has 0 saturated carbocycles. The molecule has 1 saturated heterocycles. The molecule has 1 atom stereocenters. The van der Waals surface area contributed by atoms with Crippen molar-refractivity contribution in [2.45, 2.75) is 32.4 Å². The monoisotopic (exact) mass is 253 g/mol. The average Bonchev–Trinajstić information content (AvgIpc) is 2.61. The number of thioether (sulfide) groups is 1. The first-order chi connectivity index (χ1) is 8.17. The van der Waals surface area contributed by atoms with Crippen molar-refractivity contribution < 1.29 is 9.59 Å². The van der Waals surface area contributed by atoms with E-state index in [0.29, 0.717) is 6.42 Å². The Labute approximate surface area is 107 Å². The molecule has 0 radical (unpaired) electrons. The molecule has 2 amide bonds. The van der Waals surface area contributed by atoms with Gasteiger partial charge in [0.05, 0.1) is 5.25 Å². The molecule has 0 spiro atoms. The van der Waals surface area contributed by atoms with Gasteiger partial charge in [0.25, 0.3) is 5.24 Å². The van der Waals surface area contributed by atoms with Crippen molar-refractivity contribution in [3.05, 3.63) is 36.5 Å². The summed E-state index contributed by atoms with van der Waals surface area (Å²) in [6.45, 7) is 9.51. The van der Waals surface area contributed by atoms with Gasteiger partial charge in [-0.05, 0) is 18.9 Å². The number of allylic oxidation sites excluding steroid dienone is 5. The molecule has 0 aromatic heterocycles. The summed E-state index contributed by atoms with van der Waals surface area (Å²) in [4.78, 5) is 22.2. The first-order valence-corrected chi connectivity index (χ1v) is 6.51. The molecule has 1 rings (SSSR count). The molecular weight excluding hydrogens is 234 g/mol. The van der Waals surface area contributed by atoms with Gasteiger partial charge >= 0.3 is 0 Å². The van der Waals surface area contributed by atoms with E-state index in [1.165, 1.54) is 0 Å². The SMILES string of the molecule is C=C/C=C(\C=C/C)CC1SC(=O)NC1=O.CC. The molecule has 1 fully saturated rings. The molecule has 17 heavy (non-hydrogen) atoms. The summed E-state index contributed by atoms with van der Waals surface area (Å²) in [7, 11) is 0. The smallest absolute Gasteiger partial charge is 0.286 e. The van der Waals surface area contributed by atoms with Gasteiger partial charge in [-0.15, -0.1) is 0 Å². The highest BCUT2D eigenvalue weighted by Crippen LogP contribution is 2.25. The maximum atomic E-state index is 11.3. The van der Waals surface area contributed by atoms with E-state index in [-0.39, 0.29) is 16.4 Å². The molecule has 4 heteroatoms. The third-order valence-electron chi connectivity index (χ3n) is 1.90. The van der Waals surface area contributed by atoms with Crippen molar-refractivity contribution in [2.75, 3.05) is 0 Å². The minimum atomic E-state index is -0.306. The molecule has 1 N–H and O–H groups in total. The lowest BCUT2D eigenvalue weighted by Crippen LogP contribution is -2.24. The highest BCUT2D eigenvalue weighted by atomic mass is 32.2. The zero-order valence-corrected chi connectivity index (χ0v) is 11.3. The second kappa shape index (κ2) is 8.82. The van der Waals surface area contributed by atoms with Crippen LogP contribution in [0.25, 0.3) is 0 Å². The number of carbonyl (C=O) groups is 2. The summed E-state index contributed by atoms with van der Waals surface area (Å²) in [5.41, 5.74) is 0.995. The van der Waals surface area contributed by atoms with Crippen LogP contribution in [-0.4, -0.2) is 16.4 Å². The second-order valence-electron chi connectivity index (χ2n) is 3.06. The van der Waals surface area contributed by atoms with E-state index in [1.807, 2.05) is 39.0 Å². The Morgan fingerprint density at radius 1 is 1.47 bits per heavy atom. The number of rotatable bonds is 4. The average molecular weight is 253 g/mol. The highest BCUT2D eigenvalue weighted by molar-refractivity contribution is 8.15. The quantitative estimate of drug-likeness (QED) is 0.781. The molecule has 1 aliphatic heterocycles. The number of nitrogens with one attached hydrogen (secondary N) is 1. The normalized spacial score (nSPS) is 19.9. The van der Waals surface area contributed by atoms with Crippen LogP contribution in [-0.2, 0) is 4.79 Å². The molecule has 0 aromatic carbocycles. The van der Waals surface area contributed by atoms with E-state index in [4.69, 9.17) is 0 Å².